The Morgan fingerprint density at radius 2 is 1.90 bits per heavy atom. The van der Waals surface area contributed by atoms with Gasteiger partial charge in [0, 0.05) is 0 Å². The molecule has 0 heterocycles. The van der Waals surface area contributed by atoms with E-state index in [-0.39, 0.29) is 5.69 Å². The van der Waals surface area contributed by atoms with Gasteiger partial charge in [-0.1, -0.05) is 26.2 Å². The van der Waals surface area contributed by atoms with E-state index in [1.54, 1.807) is 11.8 Å². The number of alkyl halides is 3. The largest absolute Gasteiger partial charge is 0.416 e. The Bertz CT molecular complexity index is 407. The van der Waals surface area contributed by atoms with Crippen LogP contribution in [0.2, 0.25) is 0 Å². The van der Waals surface area contributed by atoms with Crippen molar-refractivity contribution in [3.05, 3.63) is 29.6 Å². The van der Waals surface area contributed by atoms with Gasteiger partial charge < -0.3 is 5.32 Å². The van der Waals surface area contributed by atoms with Gasteiger partial charge in [-0.05, 0) is 30.4 Å². The first kappa shape index (κ1) is 17.1. The zero-order chi connectivity index (χ0) is 15.0. The third kappa shape index (κ3) is 6.03. The Hall–Kier alpha value is -0.910. The van der Waals surface area contributed by atoms with Crippen molar-refractivity contribution in [2.24, 2.45) is 0 Å². The molecular formula is C14H19F4NS. The zero-order valence-electron chi connectivity index (χ0n) is 11.4. The number of hydrogen-bond donors (Lipinski definition) is 1. The predicted molar refractivity (Wildman–Crippen MR) is 76.5 cm³/mol. The molecule has 0 fully saturated rings. The fourth-order valence-corrected chi connectivity index (χ4v) is 2.48. The zero-order valence-corrected chi connectivity index (χ0v) is 12.2. The molecule has 114 valence electrons. The highest BCUT2D eigenvalue weighted by molar-refractivity contribution is 7.99. The van der Waals surface area contributed by atoms with Gasteiger partial charge in [0.15, 0.2) is 0 Å². The first-order valence-electron chi connectivity index (χ1n) is 6.63. The Morgan fingerprint density at radius 3 is 2.50 bits per heavy atom. The Balaban J connectivity index is 2.34. The number of hydrogen-bond acceptors (Lipinski definition) is 2. The van der Waals surface area contributed by atoms with E-state index in [4.69, 9.17) is 0 Å². The molecule has 0 spiro atoms. The van der Waals surface area contributed by atoms with Crippen molar-refractivity contribution < 1.29 is 17.6 Å². The molecule has 0 saturated carbocycles. The van der Waals surface area contributed by atoms with Crippen LogP contribution in [0.25, 0.3) is 0 Å². The molecule has 0 aliphatic carbocycles. The molecule has 0 amide bonds. The molecule has 0 radical (unpaired) electrons. The minimum atomic E-state index is -4.51. The summed E-state index contributed by atoms with van der Waals surface area (Å²) in [4.78, 5) is 0. The summed E-state index contributed by atoms with van der Waals surface area (Å²) in [5, 5.41) is 2.80. The standard InChI is InChI=1S/C14H19F4NS/c1-2-3-4-5-8-20-10-19-13-7-6-11(9-12(13)15)14(16,17)18/h6-7,9,19H,2-5,8,10H2,1H3. The SMILES string of the molecule is CCCCCCSCNc1ccc(C(F)(F)F)cc1F. The highest BCUT2D eigenvalue weighted by atomic mass is 32.2. The average Bonchev–Trinajstić information content (AvgIpc) is 2.38. The van der Waals surface area contributed by atoms with Crippen LogP contribution in [0.3, 0.4) is 0 Å². The smallest absolute Gasteiger partial charge is 0.374 e. The summed E-state index contributed by atoms with van der Waals surface area (Å²) in [6.07, 6.45) is 0.169. The normalized spacial score (nSPS) is 11.7. The lowest BCUT2D eigenvalue weighted by Crippen LogP contribution is -2.07. The van der Waals surface area contributed by atoms with E-state index in [1.807, 2.05) is 0 Å². The summed E-state index contributed by atoms with van der Waals surface area (Å²) in [5.41, 5.74) is -0.855. The van der Waals surface area contributed by atoms with E-state index >= 15 is 0 Å². The molecule has 0 saturated heterocycles. The van der Waals surface area contributed by atoms with Crippen molar-refractivity contribution in [1.29, 1.82) is 0 Å². The summed E-state index contributed by atoms with van der Waals surface area (Å²) in [6, 6.07) is 2.54. The Labute approximate surface area is 121 Å². The maximum atomic E-state index is 13.5. The highest BCUT2D eigenvalue weighted by Gasteiger charge is 2.31. The highest BCUT2D eigenvalue weighted by Crippen LogP contribution is 2.31. The van der Waals surface area contributed by atoms with Gasteiger partial charge in [-0.25, -0.2) is 4.39 Å². The molecule has 0 unspecified atom stereocenters. The molecule has 6 heteroatoms. The third-order valence-electron chi connectivity index (χ3n) is 2.80. The fourth-order valence-electron chi connectivity index (χ4n) is 1.67. The van der Waals surface area contributed by atoms with Gasteiger partial charge in [0.1, 0.15) is 5.82 Å². The van der Waals surface area contributed by atoms with Gasteiger partial charge >= 0.3 is 6.18 Å². The number of anilines is 1. The molecule has 1 nitrogen and oxygen atoms in total. The van der Waals surface area contributed by atoms with Gasteiger partial charge in [0.2, 0.25) is 0 Å². The number of unbranched alkanes of at least 4 members (excludes halogenated alkanes) is 3. The lowest BCUT2D eigenvalue weighted by atomic mass is 10.2. The van der Waals surface area contributed by atoms with Crippen molar-refractivity contribution in [1.82, 2.24) is 0 Å². The van der Waals surface area contributed by atoms with E-state index in [9.17, 15) is 17.6 Å². The maximum absolute atomic E-state index is 13.5. The summed E-state index contributed by atoms with van der Waals surface area (Å²) in [6.45, 7) is 2.14. The van der Waals surface area contributed by atoms with Crippen molar-refractivity contribution in [2.75, 3.05) is 16.9 Å². The van der Waals surface area contributed by atoms with E-state index < -0.39 is 17.6 Å². The second kappa shape index (κ2) is 8.39. The lowest BCUT2D eigenvalue weighted by Gasteiger charge is -2.10. The lowest BCUT2D eigenvalue weighted by molar-refractivity contribution is -0.137. The summed E-state index contributed by atoms with van der Waals surface area (Å²) >= 11 is 1.62. The van der Waals surface area contributed by atoms with Crippen LogP contribution in [0.1, 0.15) is 38.2 Å². The molecule has 0 aliphatic heterocycles. The van der Waals surface area contributed by atoms with Crippen LogP contribution in [-0.4, -0.2) is 11.6 Å². The molecule has 0 bridgehead atoms. The number of benzene rings is 1. The maximum Gasteiger partial charge on any atom is 0.416 e. The molecular weight excluding hydrogens is 290 g/mol. The predicted octanol–water partition coefficient (Wildman–Crippen LogP) is 5.53. The van der Waals surface area contributed by atoms with E-state index in [2.05, 4.69) is 12.2 Å². The van der Waals surface area contributed by atoms with Crippen LogP contribution >= 0.6 is 11.8 Å². The first-order chi connectivity index (χ1) is 9.45. The quantitative estimate of drug-likeness (QED) is 0.385. The van der Waals surface area contributed by atoms with E-state index in [0.717, 1.165) is 24.3 Å². The monoisotopic (exact) mass is 309 g/mol. The van der Waals surface area contributed by atoms with Crippen LogP contribution < -0.4 is 5.32 Å². The van der Waals surface area contributed by atoms with Gasteiger partial charge in [-0.15, -0.1) is 11.8 Å². The Morgan fingerprint density at radius 1 is 1.15 bits per heavy atom. The van der Waals surface area contributed by atoms with Gasteiger partial charge in [0.05, 0.1) is 17.1 Å². The van der Waals surface area contributed by atoms with E-state index in [0.29, 0.717) is 11.9 Å². The van der Waals surface area contributed by atoms with Crippen LogP contribution in [0.5, 0.6) is 0 Å². The van der Waals surface area contributed by atoms with Crippen LogP contribution in [-0.2, 0) is 6.18 Å². The fraction of sp³-hybridized carbons (Fsp3) is 0.571. The van der Waals surface area contributed by atoms with Gasteiger partial charge in [-0.2, -0.15) is 13.2 Å². The molecule has 1 rings (SSSR count). The second-order valence-corrected chi connectivity index (χ2v) is 5.59. The summed E-state index contributed by atoms with van der Waals surface area (Å²) < 4.78 is 50.6. The molecule has 0 atom stereocenters. The average molecular weight is 309 g/mol. The van der Waals surface area contributed by atoms with Crippen LogP contribution in [0.15, 0.2) is 18.2 Å². The Kier molecular flexibility index (Phi) is 7.19. The second-order valence-electron chi connectivity index (χ2n) is 4.48. The minimum absolute atomic E-state index is 0.110. The number of nitrogens with one attached hydrogen (secondary N) is 1. The van der Waals surface area contributed by atoms with Crippen LogP contribution in [0.4, 0.5) is 23.2 Å². The number of thioether (sulfide) groups is 1. The molecule has 1 aromatic rings. The molecule has 0 aliphatic rings. The van der Waals surface area contributed by atoms with Gasteiger partial charge in [0.25, 0.3) is 0 Å². The van der Waals surface area contributed by atoms with Crippen molar-refractivity contribution in [3.63, 3.8) is 0 Å². The van der Waals surface area contributed by atoms with Crippen molar-refractivity contribution in [2.45, 2.75) is 38.8 Å². The van der Waals surface area contributed by atoms with Gasteiger partial charge in [-0.3, -0.25) is 0 Å². The number of rotatable bonds is 8. The van der Waals surface area contributed by atoms with Crippen molar-refractivity contribution >= 4 is 17.4 Å². The molecule has 20 heavy (non-hydrogen) atoms. The third-order valence-corrected chi connectivity index (χ3v) is 3.73. The molecule has 0 aromatic heterocycles. The number of halogens is 4. The summed E-state index contributed by atoms with van der Waals surface area (Å²) in [5.74, 6) is 0.593. The van der Waals surface area contributed by atoms with E-state index in [1.165, 1.54) is 19.3 Å². The molecule has 1 N–H and O–H groups in total. The first-order valence-corrected chi connectivity index (χ1v) is 7.79. The van der Waals surface area contributed by atoms with Crippen molar-refractivity contribution in [3.8, 4) is 0 Å². The molecule has 1 aromatic carbocycles. The minimum Gasteiger partial charge on any atom is -0.374 e. The van der Waals surface area contributed by atoms with Crippen LogP contribution in [0, 0.1) is 5.82 Å². The summed E-state index contributed by atoms with van der Waals surface area (Å²) in [7, 11) is 0. The topological polar surface area (TPSA) is 12.0 Å².